The number of aromatic nitrogens is 2. The average molecular weight is 351 g/mol. The molecule has 1 N–H and O–H groups in total. The van der Waals surface area contributed by atoms with Gasteiger partial charge in [0.1, 0.15) is 5.82 Å². The van der Waals surface area contributed by atoms with Crippen molar-refractivity contribution in [1.29, 1.82) is 0 Å². The molecule has 0 atom stereocenters. The van der Waals surface area contributed by atoms with Crippen molar-refractivity contribution < 1.29 is 14.0 Å². The largest absolute Gasteiger partial charge is 0.322 e. The van der Waals surface area contributed by atoms with Crippen LogP contribution in [0.3, 0.4) is 0 Å². The summed E-state index contributed by atoms with van der Waals surface area (Å²) in [7, 11) is 0. The minimum absolute atomic E-state index is 0.0699. The van der Waals surface area contributed by atoms with Crippen molar-refractivity contribution in [2.24, 2.45) is 0 Å². The van der Waals surface area contributed by atoms with E-state index in [9.17, 15) is 14.0 Å². The van der Waals surface area contributed by atoms with E-state index < -0.39 is 0 Å². The monoisotopic (exact) mass is 351 g/mol. The number of rotatable bonds is 5. The van der Waals surface area contributed by atoms with Crippen LogP contribution in [0.15, 0.2) is 54.7 Å². The van der Waals surface area contributed by atoms with Gasteiger partial charge >= 0.3 is 0 Å². The summed E-state index contributed by atoms with van der Waals surface area (Å²) in [5.74, 6) is -0.710. The quantitative estimate of drug-likeness (QED) is 0.706. The third-order valence-corrected chi connectivity index (χ3v) is 4.05. The van der Waals surface area contributed by atoms with E-state index in [1.54, 1.807) is 41.1 Å². The van der Waals surface area contributed by atoms with E-state index >= 15 is 0 Å². The van der Waals surface area contributed by atoms with Crippen molar-refractivity contribution in [3.05, 3.63) is 77.4 Å². The van der Waals surface area contributed by atoms with Crippen LogP contribution >= 0.6 is 0 Å². The second-order valence-corrected chi connectivity index (χ2v) is 5.84. The fourth-order valence-corrected chi connectivity index (χ4v) is 2.72. The number of anilines is 1. The number of hydrogen-bond donors (Lipinski definition) is 1. The molecule has 1 amide bonds. The number of carbonyl (C=O) groups excluding carboxylic acids is 2. The number of Topliss-reactive ketones (excluding diaryl/α,β-unsaturated/α-hetero) is 1. The molecule has 0 aliphatic rings. The van der Waals surface area contributed by atoms with Crippen LogP contribution in [0.1, 0.15) is 40.3 Å². The Morgan fingerprint density at radius 2 is 1.88 bits per heavy atom. The summed E-state index contributed by atoms with van der Waals surface area (Å²) >= 11 is 0. The smallest absolute Gasteiger partial charge is 0.259 e. The molecule has 0 saturated carbocycles. The molecule has 0 aliphatic carbocycles. The highest BCUT2D eigenvalue weighted by atomic mass is 19.1. The maximum atomic E-state index is 13.1. The summed E-state index contributed by atoms with van der Waals surface area (Å²) in [5.41, 5.74) is 2.91. The third kappa shape index (κ3) is 3.54. The fraction of sp³-hybridized carbons (Fsp3) is 0.150. The number of halogens is 1. The summed E-state index contributed by atoms with van der Waals surface area (Å²) in [6.45, 7) is 3.40. The van der Waals surface area contributed by atoms with Crippen LogP contribution in [0.4, 0.5) is 10.1 Å². The van der Waals surface area contributed by atoms with E-state index in [2.05, 4.69) is 10.4 Å². The lowest BCUT2D eigenvalue weighted by Crippen LogP contribution is -2.14. The molecule has 0 radical (unpaired) electrons. The minimum Gasteiger partial charge on any atom is -0.322 e. The summed E-state index contributed by atoms with van der Waals surface area (Å²) < 4.78 is 14.8. The minimum atomic E-state index is -0.331. The molecule has 3 rings (SSSR count). The van der Waals surface area contributed by atoms with Crippen LogP contribution in [0.25, 0.3) is 5.69 Å². The van der Waals surface area contributed by atoms with Gasteiger partial charge in [-0.25, -0.2) is 9.07 Å². The molecule has 0 saturated heterocycles. The molecule has 2 aromatic carbocycles. The van der Waals surface area contributed by atoms with E-state index in [0.29, 0.717) is 28.9 Å². The lowest BCUT2D eigenvalue weighted by Gasteiger charge is -2.09. The highest BCUT2D eigenvalue weighted by molar-refractivity contribution is 6.05. The van der Waals surface area contributed by atoms with E-state index in [1.807, 2.05) is 6.92 Å². The second kappa shape index (κ2) is 7.31. The van der Waals surface area contributed by atoms with Crippen molar-refractivity contribution in [2.75, 3.05) is 5.32 Å². The van der Waals surface area contributed by atoms with Crippen molar-refractivity contribution >= 4 is 17.4 Å². The molecule has 5 nitrogen and oxygen atoms in total. The zero-order valence-corrected chi connectivity index (χ0v) is 14.5. The number of carbonyl (C=O) groups is 2. The van der Waals surface area contributed by atoms with Crippen molar-refractivity contribution in [3.8, 4) is 5.69 Å². The zero-order chi connectivity index (χ0) is 18.7. The van der Waals surface area contributed by atoms with Gasteiger partial charge in [0.2, 0.25) is 0 Å². The van der Waals surface area contributed by atoms with E-state index in [0.717, 1.165) is 5.69 Å². The van der Waals surface area contributed by atoms with Gasteiger partial charge < -0.3 is 5.32 Å². The maximum Gasteiger partial charge on any atom is 0.259 e. The lowest BCUT2D eigenvalue weighted by atomic mass is 10.1. The number of ketones is 1. The Balaban J connectivity index is 1.89. The lowest BCUT2D eigenvalue weighted by molar-refractivity contribution is 0.101. The molecular formula is C20H18FN3O2. The van der Waals surface area contributed by atoms with Gasteiger partial charge in [-0.05, 0) is 49.7 Å². The normalized spacial score (nSPS) is 10.6. The number of benzene rings is 2. The molecule has 132 valence electrons. The topological polar surface area (TPSA) is 64.0 Å². The molecule has 1 aromatic heterocycles. The molecule has 0 aliphatic heterocycles. The number of nitrogens with one attached hydrogen (secondary N) is 1. The molecule has 6 heteroatoms. The van der Waals surface area contributed by atoms with E-state index in [-0.39, 0.29) is 17.5 Å². The first-order valence-electron chi connectivity index (χ1n) is 8.24. The van der Waals surface area contributed by atoms with E-state index in [1.165, 1.54) is 25.3 Å². The van der Waals surface area contributed by atoms with Gasteiger partial charge in [-0.15, -0.1) is 0 Å². The Kier molecular flexibility index (Phi) is 4.93. The molecule has 3 aromatic rings. The SMILES string of the molecule is CCc1c(C(=O)Nc2cccc(C(C)=O)c2)cnn1-c1ccc(F)cc1. The van der Waals surface area contributed by atoms with Crippen LogP contribution < -0.4 is 5.32 Å². The van der Waals surface area contributed by atoms with Gasteiger partial charge in [-0.3, -0.25) is 9.59 Å². The fourth-order valence-electron chi connectivity index (χ4n) is 2.72. The summed E-state index contributed by atoms with van der Waals surface area (Å²) in [6.07, 6.45) is 2.07. The zero-order valence-electron chi connectivity index (χ0n) is 14.5. The van der Waals surface area contributed by atoms with Crippen molar-refractivity contribution in [3.63, 3.8) is 0 Å². The first-order valence-corrected chi connectivity index (χ1v) is 8.24. The van der Waals surface area contributed by atoms with Crippen molar-refractivity contribution in [1.82, 2.24) is 9.78 Å². The molecule has 0 spiro atoms. The predicted molar refractivity (Wildman–Crippen MR) is 97.3 cm³/mol. The Morgan fingerprint density at radius 1 is 1.15 bits per heavy atom. The predicted octanol–water partition coefficient (Wildman–Crippen LogP) is 4.03. The standard InChI is InChI=1S/C20H18FN3O2/c1-3-19-18(12-22-24(19)17-9-7-15(21)8-10-17)20(26)23-16-6-4-5-14(11-16)13(2)25/h4-12H,3H2,1-2H3,(H,23,26). The van der Waals surface area contributed by atoms with Gasteiger partial charge in [-0.2, -0.15) is 5.10 Å². The van der Waals surface area contributed by atoms with Crippen molar-refractivity contribution in [2.45, 2.75) is 20.3 Å². The van der Waals surface area contributed by atoms with Gasteiger partial charge in [-0.1, -0.05) is 19.1 Å². The molecule has 26 heavy (non-hydrogen) atoms. The highest BCUT2D eigenvalue weighted by Crippen LogP contribution is 2.19. The second-order valence-electron chi connectivity index (χ2n) is 5.84. The Morgan fingerprint density at radius 3 is 2.54 bits per heavy atom. The third-order valence-electron chi connectivity index (χ3n) is 4.05. The first kappa shape index (κ1) is 17.5. The molecular weight excluding hydrogens is 333 g/mol. The number of amides is 1. The van der Waals surface area contributed by atoms with Crippen LogP contribution in [-0.4, -0.2) is 21.5 Å². The van der Waals surface area contributed by atoms with Gasteiger partial charge in [0.15, 0.2) is 5.78 Å². The van der Waals surface area contributed by atoms with Gasteiger partial charge in [0.05, 0.1) is 23.1 Å². The highest BCUT2D eigenvalue weighted by Gasteiger charge is 2.17. The molecule has 1 heterocycles. The summed E-state index contributed by atoms with van der Waals surface area (Å²) in [6, 6.07) is 12.7. The van der Waals surface area contributed by atoms with Gasteiger partial charge in [0, 0.05) is 11.3 Å². The first-order chi connectivity index (χ1) is 12.5. The Hall–Kier alpha value is -3.28. The average Bonchev–Trinajstić information content (AvgIpc) is 3.06. The summed E-state index contributed by atoms with van der Waals surface area (Å²) in [4.78, 5) is 24.1. The molecule has 0 fully saturated rings. The number of nitrogens with zero attached hydrogens (tertiary/aromatic N) is 2. The Bertz CT molecular complexity index is 961. The van der Waals surface area contributed by atoms with E-state index in [4.69, 9.17) is 0 Å². The molecule has 0 bridgehead atoms. The molecule has 0 unspecified atom stereocenters. The van der Waals surface area contributed by atoms with Crippen LogP contribution in [0.5, 0.6) is 0 Å². The van der Waals surface area contributed by atoms with Crippen LogP contribution in [-0.2, 0) is 6.42 Å². The summed E-state index contributed by atoms with van der Waals surface area (Å²) in [5, 5.41) is 7.07. The Labute approximate surface area is 150 Å². The van der Waals surface area contributed by atoms with Crippen LogP contribution in [0.2, 0.25) is 0 Å². The number of hydrogen-bond acceptors (Lipinski definition) is 3. The van der Waals surface area contributed by atoms with Gasteiger partial charge in [0.25, 0.3) is 5.91 Å². The van der Waals surface area contributed by atoms with Crippen LogP contribution in [0, 0.1) is 5.82 Å². The maximum absolute atomic E-state index is 13.1.